The van der Waals surface area contributed by atoms with Gasteiger partial charge in [-0.2, -0.15) is 0 Å². The molecular weight excluding hydrogens is 246 g/mol. The Morgan fingerprint density at radius 3 is 2.37 bits per heavy atom. The topological polar surface area (TPSA) is 98.7 Å². The lowest BCUT2D eigenvalue weighted by Crippen LogP contribution is -2.47. The molecule has 0 aliphatic carbocycles. The standard InChI is InChI=1S/C13H19N3O3/c1-9-3-5-10(6-4-9)7-11(14)8-16(12(15)17)13(18)19-2/h3-6,11H,7-8,14H2,1-2H3,(H2,15,17)/t11-/m1/s1. The van der Waals surface area contributed by atoms with Gasteiger partial charge in [-0.25, -0.2) is 14.5 Å². The van der Waals surface area contributed by atoms with Crippen molar-refractivity contribution in [3.63, 3.8) is 0 Å². The van der Waals surface area contributed by atoms with Crippen LogP contribution in [0.2, 0.25) is 0 Å². The fourth-order valence-corrected chi connectivity index (χ4v) is 1.69. The molecule has 3 amide bonds. The predicted molar refractivity (Wildman–Crippen MR) is 71.6 cm³/mol. The molecule has 0 saturated carbocycles. The Balaban J connectivity index is 2.62. The van der Waals surface area contributed by atoms with E-state index in [9.17, 15) is 9.59 Å². The van der Waals surface area contributed by atoms with Gasteiger partial charge in [0, 0.05) is 12.6 Å². The summed E-state index contributed by atoms with van der Waals surface area (Å²) < 4.78 is 4.47. The van der Waals surface area contributed by atoms with Gasteiger partial charge < -0.3 is 16.2 Å². The number of imide groups is 1. The summed E-state index contributed by atoms with van der Waals surface area (Å²) >= 11 is 0. The molecule has 1 aromatic carbocycles. The van der Waals surface area contributed by atoms with Crippen molar-refractivity contribution in [3.8, 4) is 0 Å². The van der Waals surface area contributed by atoms with Crippen LogP contribution in [-0.2, 0) is 11.2 Å². The highest BCUT2D eigenvalue weighted by Crippen LogP contribution is 2.06. The molecule has 104 valence electrons. The number of hydrogen-bond acceptors (Lipinski definition) is 4. The van der Waals surface area contributed by atoms with Gasteiger partial charge in [-0.3, -0.25) is 0 Å². The number of nitrogens with zero attached hydrogens (tertiary/aromatic N) is 1. The zero-order chi connectivity index (χ0) is 14.4. The van der Waals surface area contributed by atoms with Gasteiger partial charge in [0.2, 0.25) is 0 Å². The fraction of sp³-hybridized carbons (Fsp3) is 0.385. The molecule has 1 atom stereocenters. The van der Waals surface area contributed by atoms with Crippen molar-refractivity contribution in [3.05, 3.63) is 35.4 Å². The van der Waals surface area contributed by atoms with Crippen molar-refractivity contribution in [1.82, 2.24) is 4.90 Å². The summed E-state index contributed by atoms with van der Waals surface area (Å²) in [5.41, 5.74) is 13.2. The number of methoxy groups -OCH3 is 1. The monoisotopic (exact) mass is 265 g/mol. The first kappa shape index (κ1) is 15.0. The minimum atomic E-state index is -0.869. The van der Waals surface area contributed by atoms with Gasteiger partial charge in [-0.05, 0) is 18.9 Å². The highest BCUT2D eigenvalue weighted by molar-refractivity contribution is 5.89. The molecule has 0 saturated heterocycles. The van der Waals surface area contributed by atoms with Crippen molar-refractivity contribution in [2.75, 3.05) is 13.7 Å². The number of primary amides is 1. The number of amides is 3. The molecule has 4 N–H and O–H groups in total. The lowest BCUT2D eigenvalue weighted by molar-refractivity contribution is 0.129. The average Bonchev–Trinajstić information content (AvgIpc) is 2.37. The molecule has 0 spiro atoms. The number of carbonyl (C=O) groups excluding carboxylic acids is 2. The highest BCUT2D eigenvalue weighted by atomic mass is 16.5. The second-order valence-corrected chi connectivity index (χ2v) is 4.37. The molecule has 6 nitrogen and oxygen atoms in total. The van der Waals surface area contributed by atoms with Gasteiger partial charge in [0.05, 0.1) is 7.11 Å². The van der Waals surface area contributed by atoms with Gasteiger partial charge in [0.15, 0.2) is 0 Å². The molecule has 0 bridgehead atoms. The molecule has 0 aliphatic heterocycles. The Bertz CT molecular complexity index is 445. The van der Waals surface area contributed by atoms with E-state index in [0.29, 0.717) is 6.42 Å². The molecule has 1 aromatic rings. The third-order valence-electron chi connectivity index (χ3n) is 2.70. The number of benzene rings is 1. The van der Waals surface area contributed by atoms with Crippen LogP contribution in [0, 0.1) is 6.92 Å². The fourth-order valence-electron chi connectivity index (χ4n) is 1.69. The van der Waals surface area contributed by atoms with Crippen LogP contribution in [0.1, 0.15) is 11.1 Å². The van der Waals surface area contributed by atoms with Crippen LogP contribution in [0.5, 0.6) is 0 Å². The SMILES string of the molecule is COC(=O)N(C[C@H](N)Cc1ccc(C)cc1)C(N)=O. The van der Waals surface area contributed by atoms with Gasteiger partial charge >= 0.3 is 12.1 Å². The average molecular weight is 265 g/mol. The number of nitrogens with two attached hydrogens (primary N) is 2. The van der Waals surface area contributed by atoms with Crippen molar-refractivity contribution >= 4 is 12.1 Å². The summed E-state index contributed by atoms with van der Waals surface area (Å²) in [4.78, 5) is 23.2. The van der Waals surface area contributed by atoms with E-state index in [-0.39, 0.29) is 6.54 Å². The summed E-state index contributed by atoms with van der Waals surface area (Å²) in [5, 5.41) is 0. The Kier molecular flexibility index (Phi) is 5.32. The van der Waals surface area contributed by atoms with E-state index < -0.39 is 18.2 Å². The molecule has 0 fully saturated rings. The maximum atomic E-state index is 11.3. The first-order valence-corrected chi connectivity index (χ1v) is 5.90. The molecule has 0 unspecified atom stereocenters. The van der Waals surface area contributed by atoms with Crippen LogP contribution < -0.4 is 11.5 Å². The van der Waals surface area contributed by atoms with Crippen molar-refractivity contribution in [1.29, 1.82) is 0 Å². The van der Waals surface area contributed by atoms with Crippen LogP contribution in [0.25, 0.3) is 0 Å². The number of aryl methyl sites for hydroxylation is 1. The summed E-state index contributed by atoms with van der Waals surface area (Å²) in [5.74, 6) is 0. The molecule has 19 heavy (non-hydrogen) atoms. The van der Waals surface area contributed by atoms with Crippen LogP contribution in [-0.4, -0.2) is 36.7 Å². The van der Waals surface area contributed by atoms with E-state index in [2.05, 4.69) is 4.74 Å². The summed E-state index contributed by atoms with van der Waals surface area (Å²) in [6.45, 7) is 2.02. The lowest BCUT2D eigenvalue weighted by atomic mass is 10.0. The first-order valence-electron chi connectivity index (χ1n) is 5.90. The first-order chi connectivity index (χ1) is 8.93. The minimum Gasteiger partial charge on any atom is -0.452 e. The van der Waals surface area contributed by atoms with E-state index in [1.165, 1.54) is 7.11 Å². The smallest absolute Gasteiger partial charge is 0.417 e. The van der Waals surface area contributed by atoms with Crippen molar-refractivity contribution < 1.29 is 14.3 Å². The number of urea groups is 1. The van der Waals surface area contributed by atoms with Gasteiger partial charge in [-0.1, -0.05) is 29.8 Å². The molecule has 0 aliphatic rings. The van der Waals surface area contributed by atoms with E-state index in [1.54, 1.807) is 0 Å². The number of hydrogen-bond donors (Lipinski definition) is 2. The van der Waals surface area contributed by atoms with E-state index >= 15 is 0 Å². The van der Waals surface area contributed by atoms with Crippen LogP contribution in [0.15, 0.2) is 24.3 Å². The predicted octanol–water partition coefficient (Wildman–Crippen LogP) is 1.01. The summed E-state index contributed by atoms with van der Waals surface area (Å²) in [6, 6.07) is 6.62. The summed E-state index contributed by atoms with van der Waals surface area (Å²) in [7, 11) is 1.18. The van der Waals surface area contributed by atoms with Crippen LogP contribution in [0.3, 0.4) is 0 Å². The molecule has 1 rings (SSSR count). The lowest BCUT2D eigenvalue weighted by Gasteiger charge is -2.21. The van der Waals surface area contributed by atoms with Crippen molar-refractivity contribution in [2.45, 2.75) is 19.4 Å². The highest BCUT2D eigenvalue weighted by Gasteiger charge is 2.22. The van der Waals surface area contributed by atoms with Gasteiger partial charge in [-0.15, -0.1) is 0 Å². The van der Waals surface area contributed by atoms with Gasteiger partial charge in [0.25, 0.3) is 0 Å². The quantitative estimate of drug-likeness (QED) is 0.848. The van der Waals surface area contributed by atoms with Crippen molar-refractivity contribution in [2.24, 2.45) is 11.5 Å². The maximum absolute atomic E-state index is 11.3. The van der Waals surface area contributed by atoms with E-state index in [4.69, 9.17) is 11.5 Å². The second-order valence-electron chi connectivity index (χ2n) is 4.37. The van der Waals surface area contributed by atoms with Crippen LogP contribution in [0.4, 0.5) is 9.59 Å². The summed E-state index contributed by atoms with van der Waals surface area (Å²) in [6.07, 6.45) is -0.256. The third-order valence-corrected chi connectivity index (χ3v) is 2.70. The zero-order valence-corrected chi connectivity index (χ0v) is 11.1. The Labute approximate surface area is 112 Å². The minimum absolute atomic E-state index is 0.0237. The second kappa shape index (κ2) is 6.75. The van der Waals surface area contributed by atoms with Crippen LogP contribution >= 0.6 is 0 Å². The Hall–Kier alpha value is -2.08. The molecule has 6 heteroatoms. The normalized spacial score (nSPS) is 11.7. The molecule has 0 heterocycles. The Morgan fingerprint density at radius 1 is 1.32 bits per heavy atom. The molecule has 0 aromatic heterocycles. The maximum Gasteiger partial charge on any atom is 0.417 e. The van der Waals surface area contributed by atoms with E-state index in [1.807, 2.05) is 31.2 Å². The van der Waals surface area contributed by atoms with Gasteiger partial charge in [0.1, 0.15) is 0 Å². The Morgan fingerprint density at radius 2 is 1.89 bits per heavy atom. The molecule has 0 radical (unpaired) electrons. The number of carbonyl (C=O) groups is 2. The number of rotatable bonds is 4. The van der Waals surface area contributed by atoms with E-state index in [0.717, 1.165) is 16.0 Å². The third kappa shape index (κ3) is 4.59. The zero-order valence-electron chi connectivity index (χ0n) is 11.1. The number of ether oxygens (including phenoxy) is 1. The largest absolute Gasteiger partial charge is 0.452 e. The molecular formula is C13H19N3O3.